The Balaban J connectivity index is 1.60. The highest BCUT2D eigenvalue weighted by atomic mass is 16.5. The number of nitrogens with one attached hydrogen (secondary N) is 2. The molecule has 7 nitrogen and oxygen atoms in total. The van der Waals surface area contributed by atoms with E-state index in [0.717, 1.165) is 18.4 Å². The van der Waals surface area contributed by atoms with Crippen molar-refractivity contribution in [3.63, 3.8) is 0 Å². The quantitative estimate of drug-likeness (QED) is 0.236. The maximum absolute atomic E-state index is 13.1. The number of hydrogen-bond donors (Lipinski definition) is 4. The second-order valence-electron chi connectivity index (χ2n) is 8.24. The molecule has 2 amide bonds. The summed E-state index contributed by atoms with van der Waals surface area (Å²) in [5, 5.41) is 17.8. The average Bonchev–Trinajstić information content (AvgIpc) is 3.29. The monoisotopic (exact) mass is 425 g/mol. The van der Waals surface area contributed by atoms with Gasteiger partial charge in [0.15, 0.2) is 0 Å². The first-order valence-corrected chi connectivity index (χ1v) is 11.1. The van der Waals surface area contributed by atoms with Crippen LogP contribution in [0.2, 0.25) is 5.31 Å². The zero-order valence-corrected chi connectivity index (χ0v) is 17.9. The number of carbonyl (C=O) groups excluding carboxylic acids is 2. The van der Waals surface area contributed by atoms with Gasteiger partial charge in [-0.3, -0.25) is 9.59 Å². The molecule has 0 bridgehead atoms. The Morgan fingerprint density at radius 1 is 1.23 bits per heavy atom. The van der Waals surface area contributed by atoms with Gasteiger partial charge in [-0.2, -0.15) is 0 Å². The van der Waals surface area contributed by atoms with Crippen molar-refractivity contribution in [2.45, 2.75) is 56.5 Å². The third-order valence-corrected chi connectivity index (χ3v) is 6.15. The Morgan fingerprint density at radius 3 is 2.68 bits per heavy atom. The van der Waals surface area contributed by atoms with Crippen LogP contribution in [-0.4, -0.2) is 43.8 Å². The van der Waals surface area contributed by atoms with E-state index in [9.17, 15) is 14.6 Å². The van der Waals surface area contributed by atoms with Gasteiger partial charge in [0.05, 0.1) is 5.31 Å². The minimum absolute atomic E-state index is 0.193. The molecule has 1 fully saturated rings. The van der Waals surface area contributed by atoms with Crippen molar-refractivity contribution in [1.82, 2.24) is 10.6 Å². The first-order valence-electron chi connectivity index (χ1n) is 11.1. The smallest absolute Gasteiger partial charge is 0.426 e. The lowest BCUT2D eigenvalue weighted by molar-refractivity contribution is -0.125. The molecular weight excluding hydrogens is 393 g/mol. The Kier molecular flexibility index (Phi) is 8.46. The lowest BCUT2D eigenvalue weighted by atomic mass is 9.55. The van der Waals surface area contributed by atoms with E-state index in [0.29, 0.717) is 51.6 Å². The van der Waals surface area contributed by atoms with E-state index in [4.69, 9.17) is 10.4 Å². The van der Waals surface area contributed by atoms with E-state index in [-0.39, 0.29) is 5.91 Å². The molecule has 8 heteroatoms. The van der Waals surface area contributed by atoms with Crippen LogP contribution in [0.5, 0.6) is 0 Å². The molecule has 31 heavy (non-hydrogen) atoms. The summed E-state index contributed by atoms with van der Waals surface area (Å²) in [7, 11) is -1.29. The van der Waals surface area contributed by atoms with Crippen LogP contribution in [0.25, 0.3) is 10.8 Å². The summed E-state index contributed by atoms with van der Waals surface area (Å²) >= 11 is 0. The summed E-state index contributed by atoms with van der Waals surface area (Å²) in [5.41, 5.74) is 6.68. The number of benzene rings is 2. The first-order chi connectivity index (χ1) is 15.1. The van der Waals surface area contributed by atoms with Gasteiger partial charge in [-0.25, -0.2) is 0 Å². The highest BCUT2D eigenvalue weighted by molar-refractivity contribution is 6.53. The highest BCUT2D eigenvalue weighted by Crippen LogP contribution is 2.47. The van der Waals surface area contributed by atoms with Crippen molar-refractivity contribution in [1.29, 1.82) is 0 Å². The number of amides is 2. The topological polar surface area (TPSA) is 114 Å². The van der Waals surface area contributed by atoms with E-state index in [1.807, 2.05) is 12.1 Å². The predicted octanol–water partition coefficient (Wildman–Crippen LogP) is 2.12. The third-order valence-electron chi connectivity index (χ3n) is 6.15. The van der Waals surface area contributed by atoms with Crippen LogP contribution in [0, 0.1) is 0 Å². The van der Waals surface area contributed by atoms with E-state index in [1.165, 1.54) is 10.8 Å². The molecule has 0 aromatic heterocycles. The molecule has 1 aliphatic carbocycles. The van der Waals surface area contributed by atoms with Crippen molar-refractivity contribution < 1.29 is 19.3 Å². The fourth-order valence-corrected chi connectivity index (χ4v) is 4.34. The van der Waals surface area contributed by atoms with Gasteiger partial charge >= 0.3 is 7.12 Å². The van der Waals surface area contributed by atoms with E-state index < -0.39 is 18.7 Å². The number of hydrogen-bond acceptors (Lipinski definition) is 5. The number of rotatable bonds is 12. The number of carbonyl (C=O) groups is 2. The van der Waals surface area contributed by atoms with Crippen molar-refractivity contribution >= 4 is 30.2 Å². The standard InChI is InChI=1S/C23H32BN3O4/c25-14-5-8-21(27-17-28)31-24(30)23(12-3-4-13-23)22(29)26-15-11-18-9-10-19-6-1-2-7-20(19)16-18/h1-2,6-7,9-10,16-17,21,30H,3-5,8,11-15,25H2,(H,26,29)(H,27,28)/t21-/m1/s1. The van der Waals surface area contributed by atoms with Gasteiger partial charge in [-0.15, -0.1) is 0 Å². The SMILES string of the molecule is NCCC[C@H](NC=O)OB(O)C1(C(=O)NCCc2ccc3ccccc3c2)CCCC1. The van der Waals surface area contributed by atoms with Gasteiger partial charge < -0.3 is 26.0 Å². The predicted molar refractivity (Wildman–Crippen MR) is 122 cm³/mol. The van der Waals surface area contributed by atoms with Crippen molar-refractivity contribution in [3.8, 4) is 0 Å². The second kappa shape index (κ2) is 11.3. The Morgan fingerprint density at radius 2 is 1.97 bits per heavy atom. The van der Waals surface area contributed by atoms with Gasteiger partial charge in [-0.1, -0.05) is 55.3 Å². The molecule has 3 rings (SSSR count). The van der Waals surface area contributed by atoms with Crippen LogP contribution < -0.4 is 16.4 Å². The maximum Gasteiger partial charge on any atom is 0.472 e. The molecule has 166 valence electrons. The Hall–Kier alpha value is -2.42. The van der Waals surface area contributed by atoms with Crippen molar-refractivity contribution in [2.24, 2.45) is 5.73 Å². The van der Waals surface area contributed by atoms with Gasteiger partial charge in [0, 0.05) is 6.54 Å². The minimum Gasteiger partial charge on any atom is -0.426 e. The van der Waals surface area contributed by atoms with Crippen LogP contribution in [0.15, 0.2) is 42.5 Å². The van der Waals surface area contributed by atoms with Crippen LogP contribution in [0.1, 0.15) is 44.1 Å². The fraction of sp³-hybridized carbons (Fsp3) is 0.478. The zero-order valence-electron chi connectivity index (χ0n) is 17.9. The van der Waals surface area contributed by atoms with Gasteiger partial charge in [0.25, 0.3) is 0 Å². The molecule has 1 atom stereocenters. The van der Waals surface area contributed by atoms with Gasteiger partial charge in [0.2, 0.25) is 12.3 Å². The lowest BCUT2D eigenvalue weighted by Gasteiger charge is -2.31. The summed E-state index contributed by atoms with van der Waals surface area (Å²) < 4.78 is 5.71. The van der Waals surface area contributed by atoms with Crippen LogP contribution in [0.4, 0.5) is 0 Å². The van der Waals surface area contributed by atoms with Gasteiger partial charge in [0.1, 0.15) is 6.23 Å². The van der Waals surface area contributed by atoms with Gasteiger partial charge in [-0.05, 0) is 55.0 Å². The summed E-state index contributed by atoms with van der Waals surface area (Å²) in [4.78, 5) is 24.0. The molecule has 2 aromatic rings. The van der Waals surface area contributed by atoms with Crippen molar-refractivity contribution in [2.75, 3.05) is 13.1 Å². The summed E-state index contributed by atoms with van der Waals surface area (Å²) in [6.07, 6.45) is 4.52. The molecule has 0 radical (unpaired) electrons. The molecule has 0 spiro atoms. The van der Waals surface area contributed by atoms with E-state index in [1.54, 1.807) is 0 Å². The Bertz CT molecular complexity index is 873. The van der Waals surface area contributed by atoms with E-state index in [2.05, 4.69) is 41.0 Å². The molecule has 0 aliphatic heterocycles. The molecule has 0 saturated heterocycles. The summed E-state index contributed by atoms with van der Waals surface area (Å²) in [6.45, 7) is 0.936. The molecule has 2 aromatic carbocycles. The Labute approximate surface area is 183 Å². The normalized spacial score (nSPS) is 16.1. The molecule has 0 heterocycles. The average molecular weight is 425 g/mol. The maximum atomic E-state index is 13.1. The number of fused-ring (bicyclic) bond motifs is 1. The van der Waals surface area contributed by atoms with E-state index >= 15 is 0 Å². The second-order valence-corrected chi connectivity index (χ2v) is 8.24. The zero-order chi connectivity index (χ0) is 22.1. The van der Waals surface area contributed by atoms with Crippen LogP contribution in [0.3, 0.4) is 0 Å². The first kappa shape index (κ1) is 23.3. The third kappa shape index (κ3) is 5.84. The largest absolute Gasteiger partial charge is 0.472 e. The number of nitrogens with two attached hydrogens (primary N) is 1. The molecular formula is C23H32BN3O4. The molecule has 1 saturated carbocycles. The highest BCUT2D eigenvalue weighted by Gasteiger charge is 2.52. The van der Waals surface area contributed by atoms with Crippen molar-refractivity contribution in [3.05, 3.63) is 48.0 Å². The fourth-order valence-electron chi connectivity index (χ4n) is 4.34. The van der Waals surface area contributed by atoms with Crippen LogP contribution >= 0.6 is 0 Å². The molecule has 1 aliphatic rings. The minimum atomic E-state index is -1.29. The molecule has 5 N–H and O–H groups in total. The molecule has 0 unspecified atom stereocenters. The van der Waals surface area contributed by atoms with Crippen LogP contribution in [-0.2, 0) is 20.7 Å². The summed E-state index contributed by atoms with van der Waals surface area (Å²) in [5.74, 6) is -0.193. The lowest BCUT2D eigenvalue weighted by Crippen LogP contribution is -2.49. The summed E-state index contributed by atoms with van der Waals surface area (Å²) in [6, 6.07) is 14.5.